The molecule has 1 atom stereocenters. The molecule has 0 radical (unpaired) electrons. The Kier molecular flexibility index (Phi) is 6.84. The molecule has 2 rings (SSSR count). The van der Waals surface area contributed by atoms with E-state index in [2.05, 4.69) is 5.32 Å². The van der Waals surface area contributed by atoms with Crippen molar-refractivity contribution in [1.29, 1.82) is 5.26 Å². The van der Waals surface area contributed by atoms with Crippen LogP contribution >= 0.6 is 23.2 Å². The van der Waals surface area contributed by atoms with Gasteiger partial charge in [0.1, 0.15) is 11.8 Å². The van der Waals surface area contributed by atoms with Crippen molar-refractivity contribution < 1.29 is 19.1 Å². The molecule has 0 spiro atoms. The molecule has 0 fully saturated rings. The summed E-state index contributed by atoms with van der Waals surface area (Å²) in [6.45, 7) is 0.955. The molecule has 1 amide bonds. The largest absolute Gasteiger partial charge is 0.477 e. The van der Waals surface area contributed by atoms with Crippen LogP contribution in [0, 0.1) is 11.3 Å². The van der Waals surface area contributed by atoms with Crippen molar-refractivity contribution >= 4 is 40.8 Å². The summed E-state index contributed by atoms with van der Waals surface area (Å²) in [6, 6.07) is 13.0. The van der Waals surface area contributed by atoms with Crippen LogP contribution in [0.3, 0.4) is 0 Å². The molecular weight excluding hydrogens is 379 g/mol. The molecule has 0 bridgehead atoms. The van der Waals surface area contributed by atoms with Gasteiger partial charge in [-0.1, -0.05) is 35.3 Å². The van der Waals surface area contributed by atoms with Gasteiger partial charge < -0.3 is 14.8 Å². The minimum atomic E-state index is -0.979. The standard InChI is InChI=1S/C18H14Cl2N2O4/c1-11(26-16-7-6-13(19)8-14(16)20)18(24)25-10-17(23)22-15-5-3-2-4-12(15)9-21/h2-8,11H,10H2,1H3,(H,22,23)/t11-/m0/s1. The van der Waals surface area contributed by atoms with Crippen LogP contribution in [-0.4, -0.2) is 24.6 Å². The van der Waals surface area contributed by atoms with Gasteiger partial charge >= 0.3 is 5.97 Å². The lowest BCUT2D eigenvalue weighted by Crippen LogP contribution is -2.30. The third-order valence-electron chi connectivity index (χ3n) is 3.20. The predicted molar refractivity (Wildman–Crippen MR) is 97.3 cm³/mol. The zero-order chi connectivity index (χ0) is 19.1. The quantitative estimate of drug-likeness (QED) is 0.754. The number of rotatable bonds is 6. The van der Waals surface area contributed by atoms with Crippen molar-refractivity contribution in [3.05, 3.63) is 58.1 Å². The average molecular weight is 393 g/mol. The fourth-order valence-electron chi connectivity index (χ4n) is 1.94. The first kappa shape index (κ1) is 19.6. The van der Waals surface area contributed by atoms with E-state index in [9.17, 15) is 9.59 Å². The molecule has 6 nitrogen and oxygen atoms in total. The molecule has 134 valence electrons. The minimum Gasteiger partial charge on any atom is -0.477 e. The van der Waals surface area contributed by atoms with E-state index in [0.717, 1.165) is 0 Å². The molecule has 2 aromatic carbocycles. The Morgan fingerprint density at radius 1 is 1.23 bits per heavy atom. The Bertz CT molecular complexity index is 865. The molecule has 2 aromatic rings. The third-order valence-corrected chi connectivity index (χ3v) is 3.73. The second kappa shape index (κ2) is 9.09. The Hall–Kier alpha value is -2.75. The summed E-state index contributed by atoms with van der Waals surface area (Å²) in [6.07, 6.45) is -0.979. The third kappa shape index (κ3) is 5.38. The molecule has 0 aliphatic carbocycles. The van der Waals surface area contributed by atoms with Crippen molar-refractivity contribution in [2.75, 3.05) is 11.9 Å². The molecule has 0 aliphatic heterocycles. The Morgan fingerprint density at radius 2 is 1.96 bits per heavy atom. The lowest BCUT2D eigenvalue weighted by Gasteiger charge is -2.15. The maximum absolute atomic E-state index is 12.0. The van der Waals surface area contributed by atoms with E-state index in [-0.39, 0.29) is 10.8 Å². The van der Waals surface area contributed by atoms with Gasteiger partial charge in [-0.15, -0.1) is 0 Å². The number of amides is 1. The summed E-state index contributed by atoms with van der Waals surface area (Å²) in [5.74, 6) is -1.04. The number of halogens is 2. The number of hydrogen-bond acceptors (Lipinski definition) is 5. The molecule has 0 aromatic heterocycles. The summed E-state index contributed by atoms with van der Waals surface area (Å²) in [5.41, 5.74) is 0.648. The first-order valence-corrected chi connectivity index (χ1v) is 8.23. The van der Waals surface area contributed by atoms with Gasteiger partial charge in [0.25, 0.3) is 5.91 Å². The number of para-hydroxylation sites is 1. The zero-order valence-electron chi connectivity index (χ0n) is 13.7. The first-order chi connectivity index (χ1) is 12.4. The number of nitrogens with one attached hydrogen (secondary N) is 1. The topological polar surface area (TPSA) is 88.4 Å². The van der Waals surface area contributed by atoms with E-state index in [1.807, 2.05) is 6.07 Å². The molecule has 8 heteroatoms. The van der Waals surface area contributed by atoms with E-state index in [1.54, 1.807) is 30.3 Å². The molecule has 0 aliphatic rings. The van der Waals surface area contributed by atoms with Gasteiger partial charge in [0.05, 0.1) is 16.3 Å². The fourth-order valence-corrected chi connectivity index (χ4v) is 2.39. The van der Waals surface area contributed by atoms with Gasteiger partial charge in [-0.05, 0) is 37.3 Å². The summed E-state index contributed by atoms with van der Waals surface area (Å²) in [5, 5.41) is 12.2. The van der Waals surface area contributed by atoms with Crippen LogP contribution in [-0.2, 0) is 14.3 Å². The van der Waals surface area contributed by atoms with E-state index < -0.39 is 24.6 Å². The fraction of sp³-hybridized carbons (Fsp3) is 0.167. The Balaban J connectivity index is 1.87. The van der Waals surface area contributed by atoms with Crippen LogP contribution in [0.15, 0.2) is 42.5 Å². The normalized spacial score (nSPS) is 11.2. The predicted octanol–water partition coefficient (Wildman–Crippen LogP) is 3.81. The maximum Gasteiger partial charge on any atom is 0.347 e. The van der Waals surface area contributed by atoms with Crippen molar-refractivity contribution in [3.8, 4) is 11.8 Å². The van der Waals surface area contributed by atoms with E-state index >= 15 is 0 Å². The maximum atomic E-state index is 12.0. The summed E-state index contributed by atoms with van der Waals surface area (Å²) < 4.78 is 10.3. The monoisotopic (exact) mass is 392 g/mol. The van der Waals surface area contributed by atoms with Gasteiger partial charge in [0, 0.05) is 5.02 Å². The zero-order valence-corrected chi connectivity index (χ0v) is 15.2. The van der Waals surface area contributed by atoms with Gasteiger partial charge in [-0.3, -0.25) is 4.79 Å². The Labute approximate surface area is 160 Å². The van der Waals surface area contributed by atoms with Crippen molar-refractivity contribution in [2.45, 2.75) is 13.0 Å². The van der Waals surface area contributed by atoms with Gasteiger partial charge in [-0.25, -0.2) is 4.79 Å². The number of esters is 1. The molecule has 1 N–H and O–H groups in total. The lowest BCUT2D eigenvalue weighted by atomic mass is 10.2. The van der Waals surface area contributed by atoms with E-state index in [1.165, 1.54) is 19.1 Å². The number of benzene rings is 2. The number of anilines is 1. The van der Waals surface area contributed by atoms with Crippen molar-refractivity contribution in [3.63, 3.8) is 0 Å². The number of nitriles is 1. The van der Waals surface area contributed by atoms with Gasteiger partial charge in [-0.2, -0.15) is 5.26 Å². The van der Waals surface area contributed by atoms with Crippen LogP contribution in [0.25, 0.3) is 0 Å². The number of hydrogen-bond donors (Lipinski definition) is 1. The summed E-state index contributed by atoms with van der Waals surface area (Å²) >= 11 is 11.8. The van der Waals surface area contributed by atoms with E-state index in [0.29, 0.717) is 16.3 Å². The highest BCUT2D eigenvalue weighted by Gasteiger charge is 2.19. The SMILES string of the molecule is C[C@H](Oc1ccc(Cl)cc1Cl)C(=O)OCC(=O)Nc1ccccc1C#N. The number of nitrogens with zero attached hydrogens (tertiary/aromatic N) is 1. The minimum absolute atomic E-state index is 0.253. The second-order valence-corrected chi connectivity index (χ2v) is 5.99. The molecule has 0 heterocycles. The first-order valence-electron chi connectivity index (χ1n) is 7.48. The smallest absolute Gasteiger partial charge is 0.347 e. The lowest BCUT2D eigenvalue weighted by molar-refractivity contribution is -0.153. The van der Waals surface area contributed by atoms with Crippen LogP contribution in [0.5, 0.6) is 5.75 Å². The summed E-state index contributed by atoms with van der Waals surface area (Å²) in [4.78, 5) is 23.8. The molecule has 0 saturated carbocycles. The van der Waals surface area contributed by atoms with Crippen molar-refractivity contribution in [2.24, 2.45) is 0 Å². The number of ether oxygens (including phenoxy) is 2. The molecule has 26 heavy (non-hydrogen) atoms. The van der Waals surface area contributed by atoms with Gasteiger partial charge in [0.2, 0.25) is 0 Å². The average Bonchev–Trinajstić information content (AvgIpc) is 2.62. The number of carbonyl (C=O) groups excluding carboxylic acids is 2. The van der Waals surface area contributed by atoms with Crippen LogP contribution < -0.4 is 10.1 Å². The highest BCUT2D eigenvalue weighted by atomic mass is 35.5. The number of carbonyl (C=O) groups is 2. The Morgan fingerprint density at radius 3 is 2.65 bits per heavy atom. The molecule has 0 unspecified atom stereocenters. The van der Waals surface area contributed by atoms with Crippen LogP contribution in [0.4, 0.5) is 5.69 Å². The second-order valence-electron chi connectivity index (χ2n) is 5.15. The van der Waals surface area contributed by atoms with Crippen LogP contribution in [0.2, 0.25) is 10.0 Å². The molecular formula is C18H14Cl2N2O4. The highest BCUT2D eigenvalue weighted by molar-refractivity contribution is 6.35. The van der Waals surface area contributed by atoms with Crippen molar-refractivity contribution in [1.82, 2.24) is 0 Å². The molecule has 0 saturated heterocycles. The highest BCUT2D eigenvalue weighted by Crippen LogP contribution is 2.28. The van der Waals surface area contributed by atoms with Gasteiger partial charge in [0.15, 0.2) is 12.7 Å². The van der Waals surface area contributed by atoms with Crippen LogP contribution in [0.1, 0.15) is 12.5 Å². The van der Waals surface area contributed by atoms with E-state index in [4.69, 9.17) is 37.9 Å². The summed E-state index contributed by atoms with van der Waals surface area (Å²) in [7, 11) is 0.